The molecular formula is C22H27N3O3. The smallest absolute Gasteiger partial charge is 0.146 e. The average molecular weight is 381 g/mol. The molecule has 4 rings (SSSR count). The summed E-state index contributed by atoms with van der Waals surface area (Å²) in [4.78, 5) is 24.5. The highest BCUT2D eigenvalue weighted by atomic mass is 16.5. The van der Waals surface area contributed by atoms with E-state index < -0.39 is 0 Å². The molecule has 6 nitrogen and oxygen atoms in total. The molecule has 0 N–H and O–H groups in total. The molecule has 0 unspecified atom stereocenters. The van der Waals surface area contributed by atoms with Crippen molar-refractivity contribution in [1.82, 2.24) is 14.9 Å². The van der Waals surface area contributed by atoms with E-state index in [1.54, 1.807) is 13.3 Å². The molecule has 0 bridgehead atoms. The third-order valence-corrected chi connectivity index (χ3v) is 5.65. The maximum atomic E-state index is 12.9. The molecule has 28 heavy (non-hydrogen) atoms. The van der Waals surface area contributed by atoms with E-state index in [4.69, 9.17) is 19.4 Å². The normalized spacial score (nSPS) is 18.2. The Morgan fingerprint density at radius 3 is 2.75 bits per heavy atom. The number of ketones is 1. The first-order valence-electron chi connectivity index (χ1n) is 9.80. The van der Waals surface area contributed by atoms with Gasteiger partial charge in [-0.2, -0.15) is 0 Å². The molecule has 1 aromatic carbocycles. The molecule has 0 amide bonds. The van der Waals surface area contributed by atoms with Crippen molar-refractivity contribution in [2.24, 2.45) is 5.41 Å². The van der Waals surface area contributed by atoms with Crippen LogP contribution in [-0.4, -0.2) is 61.6 Å². The summed E-state index contributed by atoms with van der Waals surface area (Å²) in [5.74, 6) is 0.944. The number of carbonyl (C=O) groups excluding carboxylic acids is 1. The van der Waals surface area contributed by atoms with Crippen molar-refractivity contribution in [3.8, 4) is 5.75 Å². The van der Waals surface area contributed by atoms with Gasteiger partial charge in [-0.3, -0.25) is 9.78 Å². The number of Topliss-reactive ketones (excluding diaryl/α,β-unsaturated/α-hetero) is 1. The number of hydrogen-bond donors (Lipinski definition) is 0. The molecule has 1 saturated carbocycles. The van der Waals surface area contributed by atoms with Crippen LogP contribution < -0.4 is 4.74 Å². The molecule has 0 spiro atoms. The molecule has 1 aliphatic carbocycles. The fourth-order valence-corrected chi connectivity index (χ4v) is 4.03. The minimum absolute atomic E-state index is 0.195. The van der Waals surface area contributed by atoms with E-state index in [1.165, 1.54) is 5.57 Å². The molecule has 2 aliphatic rings. The van der Waals surface area contributed by atoms with Gasteiger partial charge in [-0.25, -0.2) is 4.98 Å². The van der Waals surface area contributed by atoms with Crippen LogP contribution >= 0.6 is 0 Å². The Morgan fingerprint density at radius 2 is 2.11 bits per heavy atom. The molecule has 148 valence electrons. The van der Waals surface area contributed by atoms with Crippen molar-refractivity contribution >= 4 is 22.4 Å². The maximum absolute atomic E-state index is 12.9. The van der Waals surface area contributed by atoms with Crippen LogP contribution in [0.5, 0.6) is 5.75 Å². The van der Waals surface area contributed by atoms with Gasteiger partial charge in [0.1, 0.15) is 17.0 Å². The number of fused-ring (bicyclic) bond motifs is 1. The summed E-state index contributed by atoms with van der Waals surface area (Å²) in [5, 5.41) is 0. The predicted octanol–water partition coefficient (Wildman–Crippen LogP) is 2.90. The molecule has 6 heteroatoms. The standard InChI is InChI=1S/C22H27N3O3/c1-25(2)14-22(8-9-22)19(26)12-16-13-23-20-17(15-6-10-28-11-7-15)4-5-18(27-3)21(20)24-16/h4-6,13H,7-12,14H2,1-3H3. The van der Waals surface area contributed by atoms with Crippen molar-refractivity contribution in [3.05, 3.63) is 35.7 Å². The fourth-order valence-electron chi connectivity index (χ4n) is 4.03. The Labute approximate surface area is 165 Å². The van der Waals surface area contributed by atoms with Crippen molar-refractivity contribution in [1.29, 1.82) is 0 Å². The molecule has 0 atom stereocenters. The summed E-state index contributed by atoms with van der Waals surface area (Å²) >= 11 is 0. The molecule has 0 saturated heterocycles. The lowest BCUT2D eigenvalue weighted by molar-refractivity contribution is -0.124. The van der Waals surface area contributed by atoms with Crippen LogP contribution in [0, 0.1) is 5.41 Å². The van der Waals surface area contributed by atoms with Crippen molar-refractivity contribution in [2.45, 2.75) is 25.7 Å². The number of rotatable bonds is 7. The second-order valence-corrected chi connectivity index (χ2v) is 8.05. The molecule has 2 aromatic rings. The maximum Gasteiger partial charge on any atom is 0.146 e. The second-order valence-electron chi connectivity index (χ2n) is 8.05. The van der Waals surface area contributed by atoms with E-state index in [2.05, 4.69) is 11.0 Å². The monoisotopic (exact) mass is 381 g/mol. The van der Waals surface area contributed by atoms with Gasteiger partial charge in [0.2, 0.25) is 0 Å². The van der Waals surface area contributed by atoms with Gasteiger partial charge in [0.25, 0.3) is 0 Å². The largest absolute Gasteiger partial charge is 0.494 e. The van der Waals surface area contributed by atoms with Crippen LogP contribution in [-0.2, 0) is 16.0 Å². The third kappa shape index (κ3) is 3.66. The first kappa shape index (κ1) is 19.0. The van der Waals surface area contributed by atoms with E-state index in [0.717, 1.165) is 42.4 Å². The molecule has 1 aliphatic heterocycles. The van der Waals surface area contributed by atoms with Crippen LogP contribution in [0.3, 0.4) is 0 Å². The number of aromatic nitrogens is 2. The summed E-state index contributed by atoms with van der Waals surface area (Å²) < 4.78 is 11.0. The first-order valence-corrected chi connectivity index (χ1v) is 9.80. The van der Waals surface area contributed by atoms with Crippen LogP contribution in [0.15, 0.2) is 24.4 Å². The van der Waals surface area contributed by atoms with E-state index in [1.807, 2.05) is 26.2 Å². The quantitative estimate of drug-likeness (QED) is 0.735. The average Bonchev–Trinajstić information content (AvgIpc) is 3.47. The SMILES string of the molecule is COc1ccc(C2=CCOCC2)c2ncc(CC(=O)C3(CN(C)C)CC3)nc12. The van der Waals surface area contributed by atoms with Gasteiger partial charge >= 0.3 is 0 Å². The summed E-state index contributed by atoms with van der Waals surface area (Å²) in [6.07, 6.45) is 6.96. The Hall–Kier alpha value is -2.31. The topological polar surface area (TPSA) is 64.6 Å². The summed E-state index contributed by atoms with van der Waals surface area (Å²) in [6, 6.07) is 3.97. The summed E-state index contributed by atoms with van der Waals surface area (Å²) in [7, 11) is 5.67. The van der Waals surface area contributed by atoms with E-state index >= 15 is 0 Å². The van der Waals surface area contributed by atoms with Crippen LogP contribution in [0.2, 0.25) is 0 Å². The third-order valence-electron chi connectivity index (χ3n) is 5.65. The second kappa shape index (κ2) is 7.60. The first-order chi connectivity index (χ1) is 13.5. The fraction of sp³-hybridized carbons (Fsp3) is 0.500. The van der Waals surface area contributed by atoms with Gasteiger partial charge in [0, 0.05) is 23.7 Å². The Morgan fingerprint density at radius 1 is 1.29 bits per heavy atom. The van der Waals surface area contributed by atoms with Gasteiger partial charge in [-0.05, 0) is 51.1 Å². The van der Waals surface area contributed by atoms with Crippen molar-refractivity contribution in [2.75, 3.05) is 41.0 Å². The Kier molecular flexibility index (Phi) is 5.17. The lowest BCUT2D eigenvalue weighted by Crippen LogP contribution is -2.30. The van der Waals surface area contributed by atoms with E-state index in [0.29, 0.717) is 31.1 Å². The number of benzene rings is 1. The summed E-state index contributed by atoms with van der Waals surface area (Å²) in [5.41, 5.74) is 4.34. The van der Waals surface area contributed by atoms with Gasteiger partial charge in [-0.15, -0.1) is 0 Å². The van der Waals surface area contributed by atoms with Crippen molar-refractivity contribution < 1.29 is 14.3 Å². The molecule has 1 fully saturated rings. The minimum Gasteiger partial charge on any atom is -0.494 e. The highest BCUT2D eigenvalue weighted by molar-refractivity contribution is 5.93. The van der Waals surface area contributed by atoms with Gasteiger partial charge < -0.3 is 14.4 Å². The highest BCUT2D eigenvalue weighted by Gasteiger charge is 2.49. The lowest BCUT2D eigenvalue weighted by atomic mass is 9.96. The zero-order chi connectivity index (χ0) is 19.7. The summed E-state index contributed by atoms with van der Waals surface area (Å²) in [6.45, 7) is 2.14. The Bertz CT molecular complexity index is 932. The number of nitrogens with zero attached hydrogens (tertiary/aromatic N) is 3. The number of hydrogen-bond acceptors (Lipinski definition) is 6. The number of ether oxygens (including phenoxy) is 2. The van der Waals surface area contributed by atoms with Crippen LogP contribution in [0.25, 0.3) is 16.6 Å². The van der Waals surface area contributed by atoms with Crippen molar-refractivity contribution in [3.63, 3.8) is 0 Å². The highest BCUT2D eigenvalue weighted by Crippen LogP contribution is 2.47. The van der Waals surface area contributed by atoms with Gasteiger partial charge in [-0.1, -0.05) is 6.08 Å². The van der Waals surface area contributed by atoms with E-state index in [-0.39, 0.29) is 11.2 Å². The molecular weight excluding hydrogens is 354 g/mol. The Balaban J connectivity index is 1.66. The number of carbonyl (C=O) groups is 1. The minimum atomic E-state index is -0.195. The molecule has 0 radical (unpaired) electrons. The van der Waals surface area contributed by atoms with Crippen LogP contribution in [0.4, 0.5) is 0 Å². The molecule has 1 aromatic heterocycles. The van der Waals surface area contributed by atoms with Gasteiger partial charge in [0.05, 0.1) is 38.0 Å². The zero-order valence-corrected chi connectivity index (χ0v) is 16.8. The zero-order valence-electron chi connectivity index (χ0n) is 16.8. The van der Waals surface area contributed by atoms with E-state index in [9.17, 15) is 4.79 Å². The molecule has 2 heterocycles. The lowest BCUT2D eigenvalue weighted by Gasteiger charge is -2.19. The number of methoxy groups -OCH3 is 1. The van der Waals surface area contributed by atoms with Crippen LogP contribution in [0.1, 0.15) is 30.5 Å². The predicted molar refractivity (Wildman–Crippen MR) is 108 cm³/mol. The van der Waals surface area contributed by atoms with Gasteiger partial charge in [0.15, 0.2) is 0 Å².